The average Bonchev–Trinajstić information content (AvgIpc) is 2.96. The fourth-order valence-corrected chi connectivity index (χ4v) is 3.36. The smallest absolute Gasteiger partial charge is 0.267 e. The Morgan fingerprint density at radius 1 is 0.552 bits per heavy atom. The molecule has 1 aliphatic rings. The lowest BCUT2D eigenvalue weighted by Crippen LogP contribution is -2.41. The van der Waals surface area contributed by atoms with E-state index < -0.39 is 11.8 Å². The largest absolute Gasteiger partial charge is 0.283 e. The van der Waals surface area contributed by atoms with E-state index in [4.69, 9.17) is 34.8 Å². The zero-order valence-electron chi connectivity index (χ0n) is 14.9. The van der Waals surface area contributed by atoms with Gasteiger partial charge in [-0.2, -0.15) is 0 Å². The van der Waals surface area contributed by atoms with Crippen LogP contribution in [0.25, 0.3) is 6.08 Å². The van der Waals surface area contributed by atoms with Crippen molar-refractivity contribution in [3.63, 3.8) is 0 Å². The maximum Gasteiger partial charge on any atom is 0.283 e. The Hall–Kier alpha value is -2.79. The lowest BCUT2D eigenvalue weighted by molar-refractivity contribution is -0.116. The molecule has 0 N–H and O–H groups in total. The minimum atomic E-state index is -0.442. The first-order valence-electron chi connectivity index (χ1n) is 8.61. The Kier molecular flexibility index (Phi) is 5.33. The van der Waals surface area contributed by atoms with E-state index in [1.807, 2.05) is 0 Å². The van der Waals surface area contributed by atoms with E-state index in [1.165, 1.54) is 10.0 Å². The van der Waals surface area contributed by atoms with Crippen molar-refractivity contribution < 1.29 is 9.59 Å². The van der Waals surface area contributed by atoms with Crippen molar-refractivity contribution >= 4 is 64.1 Å². The number of hydrazine groups is 1. The molecule has 2 amide bonds. The molecule has 144 valence electrons. The van der Waals surface area contributed by atoms with Crippen LogP contribution in [-0.4, -0.2) is 11.8 Å². The number of nitrogens with zero attached hydrogens (tertiary/aromatic N) is 2. The summed E-state index contributed by atoms with van der Waals surface area (Å²) in [6, 6.07) is 20.3. The fraction of sp³-hybridized carbons (Fsp3) is 0. The van der Waals surface area contributed by atoms with Crippen LogP contribution in [-0.2, 0) is 9.59 Å². The summed E-state index contributed by atoms with van der Waals surface area (Å²) in [5.74, 6) is -0.885. The van der Waals surface area contributed by atoms with Crippen molar-refractivity contribution in [3.8, 4) is 0 Å². The molecule has 1 heterocycles. The van der Waals surface area contributed by atoms with Crippen LogP contribution in [0.1, 0.15) is 5.56 Å². The lowest BCUT2D eigenvalue weighted by atomic mass is 10.1. The highest BCUT2D eigenvalue weighted by Gasteiger charge is 2.42. The molecule has 0 spiro atoms. The maximum absolute atomic E-state index is 13.2. The van der Waals surface area contributed by atoms with Gasteiger partial charge in [0.1, 0.15) is 5.57 Å². The second kappa shape index (κ2) is 7.91. The van der Waals surface area contributed by atoms with E-state index in [2.05, 4.69) is 0 Å². The van der Waals surface area contributed by atoms with Crippen molar-refractivity contribution in [2.75, 3.05) is 10.0 Å². The summed E-state index contributed by atoms with van der Waals surface area (Å²) < 4.78 is 0. The average molecular weight is 444 g/mol. The SMILES string of the molecule is O=C1C(=Cc2ccc(Cl)cc2)C(=O)N(c2ccc(Cl)cc2)N1c1ccc(Cl)cc1. The van der Waals surface area contributed by atoms with Gasteiger partial charge in [-0.25, -0.2) is 10.0 Å². The third-order valence-electron chi connectivity index (χ3n) is 4.37. The van der Waals surface area contributed by atoms with Gasteiger partial charge >= 0.3 is 0 Å². The van der Waals surface area contributed by atoms with Crippen molar-refractivity contribution in [1.82, 2.24) is 0 Å². The van der Waals surface area contributed by atoms with E-state index in [9.17, 15) is 9.59 Å². The number of amides is 2. The number of carbonyl (C=O) groups is 2. The molecule has 4 rings (SSSR count). The Balaban J connectivity index is 1.83. The first-order valence-corrected chi connectivity index (χ1v) is 9.74. The molecule has 0 aromatic heterocycles. The van der Waals surface area contributed by atoms with Crippen LogP contribution in [0.3, 0.4) is 0 Å². The molecule has 0 aliphatic carbocycles. The van der Waals surface area contributed by atoms with Crippen molar-refractivity contribution in [2.45, 2.75) is 0 Å². The molecule has 3 aromatic carbocycles. The van der Waals surface area contributed by atoms with E-state index in [1.54, 1.807) is 78.9 Å². The first-order chi connectivity index (χ1) is 13.9. The molecule has 1 fully saturated rings. The Morgan fingerprint density at radius 2 is 0.897 bits per heavy atom. The lowest BCUT2D eigenvalue weighted by Gasteiger charge is -2.27. The van der Waals surface area contributed by atoms with Gasteiger partial charge < -0.3 is 0 Å². The highest BCUT2D eigenvalue weighted by Crippen LogP contribution is 2.33. The number of benzene rings is 3. The summed E-state index contributed by atoms with van der Waals surface area (Å²) in [6.07, 6.45) is 1.56. The van der Waals surface area contributed by atoms with Gasteiger partial charge in [-0.3, -0.25) is 9.59 Å². The van der Waals surface area contributed by atoms with Gasteiger partial charge in [0.25, 0.3) is 11.8 Å². The summed E-state index contributed by atoms with van der Waals surface area (Å²) >= 11 is 17.9. The van der Waals surface area contributed by atoms with Gasteiger partial charge in [-0.15, -0.1) is 0 Å². The normalized spacial score (nSPS) is 14.0. The molecule has 29 heavy (non-hydrogen) atoms. The first kappa shape index (κ1) is 19.5. The van der Waals surface area contributed by atoms with Gasteiger partial charge in [-0.1, -0.05) is 46.9 Å². The Bertz CT molecular complexity index is 1040. The van der Waals surface area contributed by atoms with Crippen LogP contribution < -0.4 is 10.0 Å². The van der Waals surface area contributed by atoms with Crippen molar-refractivity contribution in [1.29, 1.82) is 0 Å². The molecule has 0 radical (unpaired) electrons. The van der Waals surface area contributed by atoms with Gasteiger partial charge in [0, 0.05) is 15.1 Å². The van der Waals surface area contributed by atoms with Crippen LogP contribution in [0.4, 0.5) is 11.4 Å². The highest BCUT2D eigenvalue weighted by atomic mass is 35.5. The summed E-state index contributed by atoms with van der Waals surface area (Å²) in [5.41, 5.74) is 1.77. The number of hydrogen-bond donors (Lipinski definition) is 0. The molecular formula is C22H13Cl3N2O2. The molecule has 7 heteroatoms. The Morgan fingerprint density at radius 3 is 1.28 bits per heavy atom. The molecule has 0 bridgehead atoms. The second-order valence-corrected chi connectivity index (χ2v) is 7.61. The molecular weight excluding hydrogens is 431 g/mol. The fourth-order valence-electron chi connectivity index (χ4n) is 2.98. The van der Waals surface area contributed by atoms with Crippen LogP contribution in [0.15, 0.2) is 78.4 Å². The summed E-state index contributed by atoms with van der Waals surface area (Å²) in [7, 11) is 0. The third kappa shape index (κ3) is 3.87. The van der Waals surface area contributed by atoms with E-state index in [-0.39, 0.29) is 5.57 Å². The minimum Gasteiger partial charge on any atom is -0.267 e. The van der Waals surface area contributed by atoms with Gasteiger partial charge in [0.15, 0.2) is 0 Å². The number of rotatable bonds is 3. The van der Waals surface area contributed by atoms with E-state index in [0.29, 0.717) is 32.0 Å². The monoisotopic (exact) mass is 442 g/mol. The maximum atomic E-state index is 13.2. The number of carbonyl (C=O) groups excluding carboxylic acids is 2. The van der Waals surface area contributed by atoms with Crippen LogP contribution >= 0.6 is 34.8 Å². The molecule has 0 unspecified atom stereocenters. The predicted octanol–water partition coefficient (Wildman–Crippen LogP) is 6.03. The van der Waals surface area contributed by atoms with Crippen molar-refractivity contribution in [3.05, 3.63) is 99.0 Å². The molecule has 4 nitrogen and oxygen atoms in total. The quantitative estimate of drug-likeness (QED) is 0.366. The van der Waals surface area contributed by atoms with Crippen LogP contribution in [0.2, 0.25) is 15.1 Å². The third-order valence-corrected chi connectivity index (χ3v) is 5.12. The zero-order chi connectivity index (χ0) is 20.5. The predicted molar refractivity (Wildman–Crippen MR) is 117 cm³/mol. The highest BCUT2D eigenvalue weighted by molar-refractivity contribution is 6.38. The molecule has 0 atom stereocenters. The topological polar surface area (TPSA) is 40.6 Å². The van der Waals surface area contributed by atoms with E-state index in [0.717, 1.165) is 0 Å². The van der Waals surface area contributed by atoms with Crippen molar-refractivity contribution in [2.24, 2.45) is 0 Å². The number of halogens is 3. The minimum absolute atomic E-state index is 0.0391. The molecule has 0 saturated carbocycles. The second-order valence-electron chi connectivity index (χ2n) is 6.30. The molecule has 3 aromatic rings. The number of anilines is 2. The van der Waals surface area contributed by atoms with Gasteiger partial charge in [0.05, 0.1) is 11.4 Å². The van der Waals surface area contributed by atoms with Gasteiger partial charge in [0.2, 0.25) is 0 Å². The molecule has 1 saturated heterocycles. The summed E-state index contributed by atoms with van der Waals surface area (Å²) in [6.45, 7) is 0. The number of hydrogen-bond acceptors (Lipinski definition) is 2. The van der Waals surface area contributed by atoms with Gasteiger partial charge in [-0.05, 0) is 72.3 Å². The summed E-state index contributed by atoms with van der Waals surface area (Å²) in [4.78, 5) is 26.5. The zero-order valence-corrected chi connectivity index (χ0v) is 17.1. The molecule has 1 aliphatic heterocycles. The van der Waals surface area contributed by atoms with E-state index >= 15 is 0 Å². The standard InChI is InChI=1S/C22H13Cl3N2O2/c23-15-3-1-14(2-4-15)13-20-21(28)26(18-9-5-16(24)6-10-18)27(22(20)29)19-11-7-17(25)8-12-19/h1-13H. The van der Waals surface area contributed by atoms with Crippen LogP contribution in [0, 0.1) is 0 Å². The summed E-state index contributed by atoms with van der Waals surface area (Å²) in [5, 5.41) is 4.28. The Labute approximate surface area is 182 Å². The van der Waals surface area contributed by atoms with Crippen LogP contribution in [0.5, 0.6) is 0 Å².